The fourth-order valence-electron chi connectivity index (χ4n) is 2.42. The van der Waals surface area contributed by atoms with Crippen LogP contribution in [0.2, 0.25) is 5.02 Å². The minimum Gasteiger partial charge on any atom is -0.494 e. The summed E-state index contributed by atoms with van der Waals surface area (Å²) >= 11 is 11.8. The van der Waals surface area contributed by atoms with Crippen molar-refractivity contribution >= 4 is 46.4 Å². The van der Waals surface area contributed by atoms with Gasteiger partial charge < -0.3 is 10.1 Å². The molecular weight excluding hydrogens is 382 g/mol. The van der Waals surface area contributed by atoms with E-state index in [0.717, 1.165) is 11.0 Å². The van der Waals surface area contributed by atoms with Crippen LogP contribution >= 0.6 is 23.2 Å². The Balaban J connectivity index is 1.85. The number of benzene rings is 2. The Bertz CT molecular complexity index is 913. The van der Waals surface area contributed by atoms with E-state index in [1.54, 1.807) is 24.3 Å². The van der Waals surface area contributed by atoms with Gasteiger partial charge in [0.15, 0.2) is 0 Å². The van der Waals surface area contributed by atoms with Crippen molar-refractivity contribution in [2.45, 2.75) is 6.92 Å². The third-order valence-corrected chi connectivity index (χ3v) is 4.26. The molecule has 2 aromatic rings. The van der Waals surface area contributed by atoms with Crippen LogP contribution < -0.4 is 15.0 Å². The smallest absolute Gasteiger partial charge is 0.283 e. The first-order valence-electron chi connectivity index (χ1n) is 7.66. The van der Waals surface area contributed by atoms with Crippen LogP contribution in [0.4, 0.5) is 15.8 Å². The van der Waals surface area contributed by atoms with Crippen molar-refractivity contribution in [3.05, 3.63) is 64.0 Å². The molecule has 5 nitrogen and oxygen atoms in total. The van der Waals surface area contributed by atoms with Crippen molar-refractivity contribution in [3.8, 4) is 5.75 Å². The van der Waals surface area contributed by atoms with Gasteiger partial charge in [0.1, 0.15) is 22.3 Å². The number of ether oxygens (including phenoxy) is 1. The molecule has 0 aliphatic carbocycles. The maximum atomic E-state index is 13.3. The number of carbonyl (C=O) groups is 2. The molecule has 0 spiro atoms. The van der Waals surface area contributed by atoms with Crippen LogP contribution in [-0.4, -0.2) is 18.4 Å². The van der Waals surface area contributed by atoms with Gasteiger partial charge in [-0.1, -0.05) is 23.2 Å². The Morgan fingerprint density at radius 2 is 1.77 bits per heavy atom. The predicted octanol–water partition coefficient (Wildman–Crippen LogP) is 4.31. The zero-order chi connectivity index (χ0) is 18.8. The third-order valence-electron chi connectivity index (χ3n) is 3.62. The zero-order valence-corrected chi connectivity index (χ0v) is 15.1. The number of hydrogen-bond donors (Lipinski definition) is 1. The lowest BCUT2D eigenvalue weighted by molar-refractivity contribution is -0.120. The number of amides is 2. The molecule has 0 unspecified atom stereocenters. The average Bonchev–Trinajstić information content (AvgIpc) is 2.83. The first-order valence-corrected chi connectivity index (χ1v) is 8.41. The number of nitrogens with zero attached hydrogens (tertiary/aromatic N) is 1. The lowest BCUT2D eigenvalue weighted by Crippen LogP contribution is -2.32. The Hall–Kier alpha value is -2.57. The van der Waals surface area contributed by atoms with E-state index in [4.69, 9.17) is 27.9 Å². The van der Waals surface area contributed by atoms with Gasteiger partial charge in [0.05, 0.1) is 17.3 Å². The van der Waals surface area contributed by atoms with Crippen LogP contribution in [0.15, 0.2) is 53.2 Å². The fourth-order valence-corrected chi connectivity index (χ4v) is 2.80. The molecule has 0 aromatic heterocycles. The van der Waals surface area contributed by atoms with Gasteiger partial charge in [-0.15, -0.1) is 0 Å². The Labute approximate surface area is 159 Å². The number of imide groups is 1. The first kappa shape index (κ1) is 18.2. The highest BCUT2D eigenvalue weighted by molar-refractivity contribution is 6.53. The standard InChI is InChI=1S/C18H13Cl2FN2O3/c1-2-26-12-6-3-10(4-7-12)22-16-15(20)17(24)23(18(16)25)11-5-8-14(21)13(19)9-11/h3-9,22H,2H2,1H3. The van der Waals surface area contributed by atoms with Crippen molar-refractivity contribution < 1.29 is 18.7 Å². The van der Waals surface area contributed by atoms with Crippen molar-refractivity contribution in [1.82, 2.24) is 0 Å². The maximum absolute atomic E-state index is 13.3. The Kier molecular flexibility index (Phi) is 5.15. The second-order valence-corrected chi connectivity index (χ2v) is 6.10. The van der Waals surface area contributed by atoms with Crippen LogP contribution in [-0.2, 0) is 9.59 Å². The molecule has 0 fully saturated rings. The molecule has 1 heterocycles. The van der Waals surface area contributed by atoms with Gasteiger partial charge >= 0.3 is 0 Å². The van der Waals surface area contributed by atoms with Crippen molar-refractivity contribution in [1.29, 1.82) is 0 Å². The highest BCUT2D eigenvalue weighted by atomic mass is 35.5. The molecule has 8 heteroatoms. The van der Waals surface area contributed by atoms with Crippen molar-refractivity contribution in [3.63, 3.8) is 0 Å². The van der Waals surface area contributed by atoms with E-state index < -0.39 is 17.6 Å². The third kappa shape index (κ3) is 3.38. The van der Waals surface area contributed by atoms with Gasteiger partial charge in [-0.3, -0.25) is 9.59 Å². The number of halogens is 3. The van der Waals surface area contributed by atoms with Gasteiger partial charge in [0.25, 0.3) is 11.8 Å². The predicted molar refractivity (Wildman–Crippen MR) is 98.0 cm³/mol. The van der Waals surface area contributed by atoms with Crippen LogP contribution in [0.5, 0.6) is 5.75 Å². The van der Waals surface area contributed by atoms with Crippen LogP contribution in [0, 0.1) is 5.82 Å². The summed E-state index contributed by atoms with van der Waals surface area (Å²) in [7, 11) is 0. The molecule has 1 N–H and O–H groups in total. The van der Waals surface area contributed by atoms with Crippen LogP contribution in [0.25, 0.3) is 0 Å². The molecule has 26 heavy (non-hydrogen) atoms. The van der Waals surface area contributed by atoms with E-state index in [9.17, 15) is 14.0 Å². The molecular formula is C18H13Cl2FN2O3. The van der Waals surface area contributed by atoms with Crippen LogP contribution in [0.3, 0.4) is 0 Å². The summed E-state index contributed by atoms with van der Waals surface area (Å²) in [4.78, 5) is 25.8. The number of carbonyl (C=O) groups excluding carboxylic acids is 2. The molecule has 2 aromatic carbocycles. The second-order valence-electron chi connectivity index (χ2n) is 5.32. The molecule has 3 rings (SSSR count). The lowest BCUT2D eigenvalue weighted by atomic mass is 10.2. The molecule has 0 bridgehead atoms. The summed E-state index contributed by atoms with van der Waals surface area (Å²) in [6, 6.07) is 10.4. The van der Waals surface area contributed by atoms with E-state index in [2.05, 4.69) is 5.32 Å². The van der Waals surface area contributed by atoms with Gasteiger partial charge in [0, 0.05) is 5.69 Å². The summed E-state index contributed by atoms with van der Waals surface area (Å²) in [5, 5.41) is 2.38. The SMILES string of the molecule is CCOc1ccc(NC2=C(Cl)C(=O)N(c3ccc(F)c(Cl)c3)C2=O)cc1. The summed E-state index contributed by atoms with van der Waals surface area (Å²) in [5.41, 5.74) is 0.621. The van der Waals surface area contributed by atoms with Gasteiger partial charge in [-0.25, -0.2) is 9.29 Å². The van der Waals surface area contributed by atoms with Gasteiger partial charge in [0.2, 0.25) is 0 Å². The summed E-state index contributed by atoms with van der Waals surface area (Å²) < 4.78 is 18.7. The van der Waals surface area contributed by atoms with E-state index in [0.29, 0.717) is 18.0 Å². The highest BCUT2D eigenvalue weighted by Crippen LogP contribution is 2.32. The van der Waals surface area contributed by atoms with E-state index in [-0.39, 0.29) is 21.4 Å². The highest BCUT2D eigenvalue weighted by Gasteiger charge is 2.39. The first-order chi connectivity index (χ1) is 12.4. The maximum Gasteiger partial charge on any atom is 0.283 e. The number of anilines is 2. The molecule has 134 valence electrons. The molecule has 0 saturated carbocycles. The van der Waals surface area contributed by atoms with Gasteiger partial charge in [-0.2, -0.15) is 0 Å². The molecule has 0 saturated heterocycles. The lowest BCUT2D eigenvalue weighted by Gasteiger charge is -2.15. The van der Waals surface area contributed by atoms with Crippen molar-refractivity contribution in [2.75, 3.05) is 16.8 Å². The van der Waals surface area contributed by atoms with E-state index in [1.165, 1.54) is 12.1 Å². The Morgan fingerprint density at radius 3 is 2.38 bits per heavy atom. The average molecular weight is 395 g/mol. The van der Waals surface area contributed by atoms with Crippen molar-refractivity contribution in [2.24, 2.45) is 0 Å². The normalized spacial score (nSPS) is 14.2. The zero-order valence-electron chi connectivity index (χ0n) is 13.6. The fraction of sp³-hybridized carbons (Fsp3) is 0.111. The Morgan fingerprint density at radius 1 is 1.08 bits per heavy atom. The monoisotopic (exact) mass is 394 g/mol. The van der Waals surface area contributed by atoms with E-state index >= 15 is 0 Å². The topological polar surface area (TPSA) is 58.6 Å². The van der Waals surface area contributed by atoms with Gasteiger partial charge in [-0.05, 0) is 49.4 Å². The quantitative estimate of drug-likeness (QED) is 0.767. The van der Waals surface area contributed by atoms with Crippen LogP contribution in [0.1, 0.15) is 6.92 Å². The molecule has 1 aliphatic rings. The summed E-state index contributed by atoms with van der Waals surface area (Å²) in [6.07, 6.45) is 0. The molecule has 2 amide bonds. The number of nitrogens with one attached hydrogen (secondary N) is 1. The number of rotatable bonds is 5. The largest absolute Gasteiger partial charge is 0.494 e. The summed E-state index contributed by atoms with van der Waals surface area (Å²) in [5.74, 6) is -1.35. The number of hydrogen-bond acceptors (Lipinski definition) is 4. The summed E-state index contributed by atoms with van der Waals surface area (Å²) in [6.45, 7) is 2.40. The van der Waals surface area contributed by atoms with E-state index in [1.807, 2.05) is 6.92 Å². The molecule has 0 radical (unpaired) electrons. The molecule has 1 aliphatic heterocycles. The minimum atomic E-state index is -0.715. The second kappa shape index (κ2) is 7.35. The molecule has 0 atom stereocenters. The minimum absolute atomic E-state index is 0.0683.